The molecule has 1 aliphatic rings. The van der Waals surface area contributed by atoms with E-state index in [4.69, 9.17) is 5.73 Å². The Hall–Kier alpha value is -0.710. The Labute approximate surface area is 131 Å². The van der Waals surface area contributed by atoms with Crippen molar-refractivity contribution in [1.29, 1.82) is 0 Å². The zero-order chi connectivity index (χ0) is 13.5. The highest BCUT2D eigenvalue weighted by atomic mass is 35.5. The number of benzene rings is 1. The number of halogens is 1. The van der Waals surface area contributed by atoms with Gasteiger partial charge >= 0.3 is 0 Å². The summed E-state index contributed by atoms with van der Waals surface area (Å²) in [5.41, 5.74) is 7.06. The van der Waals surface area contributed by atoms with Gasteiger partial charge in [0.2, 0.25) is 5.91 Å². The lowest BCUT2D eigenvalue weighted by atomic mass is 10.0. The van der Waals surface area contributed by atoms with E-state index in [0.717, 1.165) is 12.1 Å². The standard InChI is InChI=1S/C15H22N2OS.ClH/c16-14(10-12-4-2-1-3-5-12)15(18)17-11-13-6-8-19-9-7-13;/h1-5,13-14H,6-11,16H2,(H,17,18);1H. The molecule has 0 saturated carbocycles. The molecule has 3 N–H and O–H groups in total. The minimum Gasteiger partial charge on any atom is -0.354 e. The first-order valence-corrected chi connectivity index (χ1v) is 8.06. The summed E-state index contributed by atoms with van der Waals surface area (Å²) in [5.74, 6) is 3.05. The van der Waals surface area contributed by atoms with Crippen molar-refractivity contribution in [2.45, 2.75) is 25.3 Å². The second kappa shape index (κ2) is 9.27. The maximum absolute atomic E-state index is 11.9. The number of carbonyl (C=O) groups excluding carboxylic acids is 1. The molecule has 3 nitrogen and oxygen atoms in total. The zero-order valence-corrected chi connectivity index (χ0v) is 13.2. The Morgan fingerprint density at radius 1 is 1.30 bits per heavy atom. The Balaban J connectivity index is 0.00000200. The quantitative estimate of drug-likeness (QED) is 0.876. The van der Waals surface area contributed by atoms with Gasteiger partial charge in [0.15, 0.2) is 0 Å². The van der Waals surface area contributed by atoms with Gasteiger partial charge in [-0.2, -0.15) is 11.8 Å². The number of nitrogens with one attached hydrogen (secondary N) is 1. The van der Waals surface area contributed by atoms with Gasteiger partial charge < -0.3 is 11.1 Å². The van der Waals surface area contributed by atoms with Crippen LogP contribution in [0.4, 0.5) is 0 Å². The van der Waals surface area contributed by atoms with Crippen LogP contribution >= 0.6 is 24.2 Å². The van der Waals surface area contributed by atoms with E-state index in [0.29, 0.717) is 12.3 Å². The minimum atomic E-state index is -0.444. The fraction of sp³-hybridized carbons (Fsp3) is 0.533. The van der Waals surface area contributed by atoms with E-state index in [9.17, 15) is 4.79 Å². The first-order valence-electron chi connectivity index (χ1n) is 6.90. The molecule has 0 bridgehead atoms. The molecule has 1 atom stereocenters. The summed E-state index contributed by atoms with van der Waals surface area (Å²) in [4.78, 5) is 11.9. The van der Waals surface area contributed by atoms with Crippen LogP contribution in [0, 0.1) is 5.92 Å². The van der Waals surface area contributed by atoms with Crippen molar-refractivity contribution in [3.05, 3.63) is 35.9 Å². The van der Waals surface area contributed by atoms with Gasteiger partial charge in [-0.05, 0) is 42.2 Å². The van der Waals surface area contributed by atoms with Gasteiger partial charge in [-0.15, -0.1) is 12.4 Å². The van der Waals surface area contributed by atoms with E-state index in [1.807, 2.05) is 42.1 Å². The molecule has 1 heterocycles. The second-order valence-corrected chi connectivity index (χ2v) is 6.32. The van der Waals surface area contributed by atoms with E-state index in [1.54, 1.807) is 0 Å². The van der Waals surface area contributed by atoms with Gasteiger partial charge in [0.1, 0.15) is 0 Å². The number of hydrogen-bond acceptors (Lipinski definition) is 3. The summed E-state index contributed by atoms with van der Waals surface area (Å²) in [6.07, 6.45) is 3.02. The van der Waals surface area contributed by atoms with E-state index < -0.39 is 6.04 Å². The molecule has 112 valence electrons. The molecule has 1 saturated heterocycles. The van der Waals surface area contributed by atoms with Crippen molar-refractivity contribution in [3.8, 4) is 0 Å². The molecule has 1 unspecified atom stereocenters. The Kier molecular flexibility index (Phi) is 8.04. The summed E-state index contributed by atoms with van der Waals surface area (Å²) in [6.45, 7) is 0.780. The van der Waals surface area contributed by atoms with Crippen molar-refractivity contribution in [2.75, 3.05) is 18.1 Å². The smallest absolute Gasteiger partial charge is 0.237 e. The van der Waals surface area contributed by atoms with Gasteiger partial charge in [0.05, 0.1) is 6.04 Å². The molecule has 1 amide bonds. The number of rotatable bonds is 5. The van der Waals surface area contributed by atoms with Crippen molar-refractivity contribution < 1.29 is 4.79 Å². The van der Waals surface area contributed by atoms with E-state index in [1.165, 1.54) is 24.3 Å². The average Bonchev–Trinajstić information content (AvgIpc) is 2.47. The SMILES string of the molecule is Cl.NC(Cc1ccccc1)C(=O)NCC1CCSCC1. The van der Waals surface area contributed by atoms with Crippen molar-refractivity contribution >= 4 is 30.1 Å². The molecular formula is C15H23ClN2OS. The fourth-order valence-electron chi connectivity index (χ4n) is 2.29. The van der Waals surface area contributed by atoms with Gasteiger partial charge in [-0.3, -0.25) is 4.79 Å². The zero-order valence-electron chi connectivity index (χ0n) is 11.6. The van der Waals surface area contributed by atoms with Gasteiger partial charge in [0.25, 0.3) is 0 Å². The van der Waals surface area contributed by atoms with Crippen LogP contribution in [-0.2, 0) is 11.2 Å². The van der Waals surface area contributed by atoms with Gasteiger partial charge in [0, 0.05) is 6.54 Å². The van der Waals surface area contributed by atoms with Crippen LogP contribution in [0.2, 0.25) is 0 Å². The maximum atomic E-state index is 11.9. The summed E-state index contributed by atoms with van der Waals surface area (Å²) in [5, 5.41) is 3.00. The van der Waals surface area contributed by atoms with Crippen LogP contribution in [0.15, 0.2) is 30.3 Å². The molecule has 0 spiro atoms. The number of thioether (sulfide) groups is 1. The normalized spacial score (nSPS) is 17.1. The predicted octanol–water partition coefficient (Wildman–Crippen LogP) is 2.24. The molecular weight excluding hydrogens is 292 g/mol. The molecule has 2 rings (SSSR count). The van der Waals surface area contributed by atoms with E-state index >= 15 is 0 Å². The lowest BCUT2D eigenvalue weighted by Gasteiger charge is -2.22. The summed E-state index contributed by atoms with van der Waals surface area (Å²) in [7, 11) is 0. The molecule has 20 heavy (non-hydrogen) atoms. The number of carbonyl (C=O) groups is 1. The highest BCUT2D eigenvalue weighted by Crippen LogP contribution is 2.21. The first kappa shape index (κ1) is 17.3. The number of nitrogens with two attached hydrogens (primary N) is 1. The van der Waals surface area contributed by atoms with Crippen LogP contribution in [0.3, 0.4) is 0 Å². The van der Waals surface area contributed by atoms with E-state index in [2.05, 4.69) is 5.32 Å². The number of hydrogen-bond donors (Lipinski definition) is 2. The largest absolute Gasteiger partial charge is 0.354 e. The highest BCUT2D eigenvalue weighted by Gasteiger charge is 2.17. The van der Waals surface area contributed by atoms with Gasteiger partial charge in [-0.25, -0.2) is 0 Å². The third kappa shape index (κ3) is 5.73. The molecule has 1 aliphatic heterocycles. The average molecular weight is 315 g/mol. The number of amides is 1. The predicted molar refractivity (Wildman–Crippen MR) is 88.4 cm³/mol. The van der Waals surface area contributed by atoms with Crippen LogP contribution in [0.25, 0.3) is 0 Å². The molecule has 0 radical (unpaired) electrons. The van der Waals surface area contributed by atoms with Crippen LogP contribution in [-0.4, -0.2) is 30.0 Å². The summed E-state index contributed by atoms with van der Waals surface area (Å²) in [6, 6.07) is 9.48. The third-order valence-corrected chi connectivity index (χ3v) is 4.59. The summed E-state index contributed by atoms with van der Waals surface area (Å²) < 4.78 is 0. The Morgan fingerprint density at radius 3 is 2.60 bits per heavy atom. The lowest BCUT2D eigenvalue weighted by molar-refractivity contribution is -0.122. The minimum absolute atomic E-state index is 0. The fourth-order valence-corrected chi connectivity index (χ4v) is 3.49. The van der Waals surface area contributed by atoms with Crippen LogP contribution in [0.1, 0.15) is 18.4 Å². The van der Waals surface area contributed by atoms with Crippen molar-refractivity contribution in [3.63, 3.8) is 0 Å². The maximum Gasteiger partial charge on any atom is 0.237 e. The lowest BCUT2D eigenvalue weighted by Crippen LogP contribution is -2.44. The van der Waals surface area contributed by atoms with Crippen LogP contribution in [0.5, 0.6) is 0 Å². The highest BCUT2D eigenvalue weighted by molar-refractivity contribution is 7.99. The molecule has 0 aromatic heterocycles. The Bertz CT molecular complexity index is 396. The van der Waals surface area contributed by atoms with E-state index in [-0.39, 0.29) is 18.3 Å². The second-order valence-electron chi connectivity index (χ2n) is 5.10. The third-order valence-electron chi connectivity index (χ3n) is 3.54. The van der Waals surface area contributed by atoms with Gasteiger partial charge in [-0.1, -0.05) is 30.3 Å². The topological polar surface area (TPSA) is 55.1 Å². The molecule has 1 aromatic carbocycles. The molecule has 1 fully saturated rings. The molecule has 1 aromatic rings. The van der Waals surface area contributed by atoms with Crippen molar-refractivity contribution in [1.82, 2.24) is 5.32 Å². The molecule has 5 heteroatoms. The summed E-state index contributed by atoms with van der Waals surface area (Å²) >= 11 is 2.00. The van der Waals surface area contributed by atoms with Crippen molar-refractivity contribution in [2.24, 2.45) is 11.7 Å². The Morgan fingerprint density at radius 2 is 1.95 bits per heavy atom. The van der Waals surface area contributed by atoms with Crippen LogP contribution < -0.4 is 11.1 Å². The monoisotopic (exact) mass is 314 g/mol. The molecule has 0 aliphatic carbocycles. The first-order chi connectivity index (χ1) is 9.25.